The Morgan fingerprint density at radius 1 is 0.815 bits per heavy atom. The number of thiophene rings is 1. The zero-order valence-corrected chi connectivity index (χ0v) is 15.8. The van der Waals surface area contributed by atoms with Crippen molar-refractivity contribution in [1.29, 1.82) is 0 Å². The molecule has 27 heavy (non-hydrogen) atoms. The molecule has 3 aromatic rings. The van der Waals surface area contributed by atoms with E-state index < -0.39 is 0 Å². The second-order valence-corrected chi connectivity index (χ2v) is 7.06. The third-order valence-corrected chi connectivity index (χ3v) is 4.73. The molecular weight excluding hydrogens is 360 g/mol. The van der Waals surface area contributed by atoms with E-state index in [-0.39, 0.29) is 11.9 Å². The number of rotatable bonds is 5. The third kappa shape index (κ3) is 4.86. The lowest BCUT2D eigenvalue weighted by atomic mass is 10.2. The molecule has 3 N–H and O–H groups in total. The van der Waals surface area contributed by atoms with Crippen molar-refractivity contribution >= 4 is 45.3 Å². The van der Waals surface area contributed by atoms with Gasteiger partial charge >= 0.3 is 6.03 Å². The van der Waals surface area contributed by atoms with Crippen LogP contribution in [0.3, 0.4) is 0 Å². The highest BCUT2D eigenvalue weighted by atomic mass is 32.1. The summed E-state index contributed by atoms with van der Waals surface area (Å²) in [6.45, 7) is 0. The van der Waals surface area contributed by atoms with Gasteiger partial charge in [0.1, 0.15) is 0 Å². The van der Waals surface area contributed by atoms with Gasteiger partial charge in [0.25, 0.3) is 5.91 Å². The molecule has 0 saturated heterocycles. The lowest BCUT2D eigenvalue weighted by Gasteiger charge is -2.17. The summed E-state index contributed by atoms with van der Waals surface area (Å²) in [6, 6.07) is 19.8. The van der Waals surface area contributed by atoms with E-state index in [1.807, 2.05) is 61.5 Å². The van der Waals surface area contributed by atoms with Gasteiger partial charge in [0.05, 0.1) is 21.3 Å². The normalized spacial score (nSPS) is 10.1. The van der Waals surface area contributed by atoms with Crippen molar-refractivity contribution in [1.82, 2.24) is 0 Å². The molecule has 138 valence electrons. The molecule has 0 radical (unpaired) electrons. The monoisotopic (exact) mass is 380 g/mol. The number of nitrogens with zero attached hydrogens (tertiary/aromatic N) is 1. The average molecular weight is 380 g/mol. The van der Waals surface area contributed by atoms with Gasteiger partial charge in [0.2, 0.25) is 0 Å². The van der Waals surface area contributed by atoms with Crippen LogP contribution in [0, 0.1) is 0 Å². The molecule has 3 amide bonds. The maximum Gasteiger partial charge on any atom is 0.324 e. The van der Waals surface area contributed by atoms with Crippen molar-refractivity contribution in [2.45, 2.75) is 0 Å². The second-order valence-electron chi connectivity index (χ2n) is 5.97. The Balaban J connectivity index is 1.63. The number of anilines is 4. The topological polar surface area (TPSA) is 73.5 Å². The largest absolute Gasteiger partial charge is 0.376 e. The molecule has 0 atom stereocenters. The van der Waals surface area contributed by atoms with Crippen LogP contribution in [0.2, 0.25) is 0 Å². The number of carbonyl (C=O) groups is 2. The van der Waals surface area contributed by atoms with Crippen molar-refractivity contribution in [3.05, 3.63) is 71.6 Å². The van der Waals surface area contributed by atoms with Gasteiger partial charge in [-0.2, -0.15) is 0 Å². The number of nitrogens with one attached hydrogen (secondary N) is 3. The van der Waals surface area contributed by atoms with Gasteiger partial charge in [0, 0.05) is 19.8 Å². The minimum absolute atomic E-state index is 0.217. The van der Waals surface area contributed by atoms with E-state index in [9.17, 15) is 9.59 Å². The van der Waals surface area contributed by atoms with Gasteiger partial charge in [-0.25, -0.2) is 4.79 Å². The first-order chi connectivity index (χ1) is 13.0. The van der Waals surface area contributed by atoms with Gasteiger partial charge in [-0.1, -0.05) is 30.3 Å². The summed E-state index contributed by atoms with van der Waals surface area (Å²) in [5, 5.41) is 8.99. The maximum absolute atomic E-state index is 12.5. The molecule has 0 fully saturated rings. The predicted molar refractivity (Wildman–Crippen MR) is 112 cm³/mol. The molecule has 0 saturated carbocycles. The lowest BCUT2D eigenvalue weighted by molar-refractivity contribution is 0.103. The Labute approximate surface area is 161 Å². The van der Waals surface area contributed by atoms with Gasteiger partial charge in [-0.3, -0.25) is 10.1 Å². The number of urea groups is 1. The quantitative estimate of drug-likeness (QED) is 0.600. The molecular formula is C20H20N4O2S. The summed E-state index contributed by atoms with van der Waals surface area (Å²) in [5.74, 6) is -0.217. The summed E-state index contributed by atoms with van der Waals surface area (Å²) >= 11 is 1.22. The fourth-order valence-electron chi connectivity index (χ4n) is 2.48. The van der Waals surface area contributed by atoms with Gasteiger partial charge in [-0.15, -0.1) is 11.3 Å². The Kier molecular flexibility index (Phi) is 5.73. The zero-order chi connectivity index (χ0) is 19.2. The first-order valence-electron chi connectivity index (χ1n) is 8.33. The van der Waals surface area contributed by atoms with Crippen LogP contribution in [-0.2, 0) is 0 Å². The molecule has 0 unspecified atom stereocenters. The van der Waals surface area contributed by atoms with Crippen LogP contribution in [0.1, 0.15) is 9.67 Å². The highest BCUT2D eigenvalue weighted by Gasteiger charge is 2.13. The van der Waals surface area contributed by atoms with E-state index in [0.717, 1.165) is 11.4 Å². The van der Waals surface area contributed by atoms with E-state index in [1.54, 1.807) is 24.3 Å². The molecule has 0 aliphatic rings. The molecule has 2 aromatic carbocycles. The summed E-state index contributed by atoms with van der Waals surface area (Å²) in [7, 11) is 3.84. The number of hydrogen-bond donors (Lipinski definition) is 3. The van der Waals surface area contributed by atoms with E-state index in [1.165, 1.54) is 11.3 Å². The van der Waals surface area contributed by atoms with E-state index in [0.29, 0.717) is 15.6 Å². The number of para-hydroxylation sites is 3. The summed E-state index contributed by atoms with van der Waals surface area (Å²) in [6.07, 6.45) is 0. The molecule has 1 aromatic heterocycles. The minimum atomic E-state index is -0.354. The van der Waals surface area contributed by atoms with Crippen LogP contribution in [0.4, 0.5) is 26.9 Å². The summed E-state index contributed by atoms with van der Waals surface area (Å²) in [4.78, 5) is 27.0. The molecule has 0 aliphatic carbocycles. The smallest absolute Gasteiger partial charge is 0.324 e. The van der Waals surface area contributed by atoms with E-state index in [2.05, 4.69) is 16.0 Å². The van der Waals surface area contributed by atoms with Crippen LogP contribution < -0.4 is 20.9 Å². The van der Waals surface area contributed by atoms with Crippen molar-refractivity contribution in [2.24, 2.45) is 0 Å². The minimum Gasteiger partial charge on any atom is -0.376 e. The number of benzene rings is 2. The Morgan fingerprint density at radius 3 is 2.26 bits per heavy atom. The van der Waals surface area contributed by atoms with Crippen molar-refractivity contribution in [2.75, 3.05) is 34.9 Å². The predicted octanol–water partition coefficient (Wildman–Crippen LogP) is 4.71. The van der Waals surface area contributed by atoms with Gasteiger partial charge in [0.15, 0.2) is 0 Å². The van der Waals surface area contributed by atoms with Crippen LogP contribution >= 0.6 is 11.3 Å². The molecule has 0 aliphatic heterocycles. The Morgan fingerprint density at radius 2 is 1.52 bits per heavy atom. The second kappa shape index (κ2) is 8.37. The van der Waals surface area contributed by atoms with Gasteiger partial charge < -0.3 is 15.5 Å². The van der Waals surface area contributed by atoms with Gasteiger partial charge in [-0.05, 0) is 36.4 Å². The van der Waals surface area contributed by atoms with Crippen LogP contribution in [0.5, 0.6) is 0 Å². The molecule has 3 rings (SSSR count). The molecule has 7 heteroatoms. The van der Waals surface area contributed by atoms with Crippen LogP contribution in [0.15, 0.2) is 66.7 Å². The van der Waals surface area contributed by atoms with Crippen LogP contribution in [-0.4, -0.2) is 26.0 Å². The Bertz CT molecular complexity index is 938. The lowest BCUT2D eigenvalue weighted by Crippen LogP contribution is -2.18. The SMILES string of the molecule is CN(C)c1ccccc1NC(=O)c1ccc(NC(=O)Nc2ccccc2)s1. The summed E-state index contributed by atoms with van der Waals surface area (Å²) < 4.78 is 0. The summed E-state index contributed by atoms with van der Waals surface area (Å²) in [5.41, 5.74) is 2.35. The fourth-order valence-corrected chi connectivity index (χ4v) is 3.27. The standard InChI is InChI=1S/C20H20N4O2S/c1-24(2)16-11-7-6-10-15(16)22-19(25)17-12-13-18(27-17)23-20(26)21-14-8-4-3-5-9-14/h3-13H,1-2H3,(H,22,25)(H2,21,23,26). The fraction of sp³-hybridized carbons (Fsp3) is 0.100. The number of hydrogen-bond acceptors (Lipinski definition) is 4. The maximum atomic E-state index is 12.5. The average Bonchev–Trinajstić information content (AvgIpc) is 3.11. The van der Waals surface area contributed by atoms with Crippen LogP contribution in [0.25, 0.3) is 0 Å². The molecule has 0 bridgehead atoms. The van der Waals surface area contributed by atoms with E-state index in [4.69, 9.17) is 0 Å². The van der Waals surface area contributed by atoms with E-state index >= 15 is 0 Å². The highest BCUT2D eigenvalue weighted by Crippen LogP contribution is 2.27. The zero-order valence-electron chi connectivity index (χ0n) is 15.0. The highest BCUT2D eigenvalue weighted by molar-refractivity contribution is 7.18. The number of carbonyl (C=O) groups excluding carboxylic acids is 2. The molecule has 0 spiro atoms. The Hall–Kier alpha value is -3.32. The van der Waals surface area contributed by atoms with Crippen molar-refractivity contribution in [3.8, 4) is 0 Å². The van der Waals surface area contributed by atoms with Crippen molar-refractivity contribution in [3.63, 3.8) is 0 Å². The first kappa shape index (κ1) is 18.5. The number of amides is 3. The third-order valence-electron chi connectivity index (χ3n) is 3.73. The molecule has 1 heterocycles. The molecule has 6 nitrogen and oxygen atoms in total. The van der Waals surface area contributed by atoms with Crippen molar-refractivity contribution < 1.29 is 9.59 Å². The first-order valence-corrected chi connectivity index (χ1v) is 9.15.